The molecular formula is C18H12Cl3N5Na2O8S2. The van der Waals surface area contributed by atoms with Crippen LogP contribution in [-0.2, 0) is 25.0 Å². The first-order valence-electron chi connectivity index (χ1n) is 9.30. The van der Waals surface area contributed by atoms with Gasteiger partial charge in [-0.1, -0.05) is 23.2 Å². The Labute approximate surface area is 276 Å². The van der Waals surface area contributed by atoms with Gasteiger partial charge in [0, 0.05) is 0 Å². The number of aliphatic imine (C=N–C) groups is 1. The molecule has 0 spiro atoms. The third-order valence-electron chi connectivity index (χ3n) is 4.46. The molecule has 0 fully saturated rings. The zero-order chi connectivity index (χ0) is 27.0. The zero-order valence-electron chi connectivity index (χ0n) is 19.7. The summed E-state index contributed by atoms with van der Waals surface area (Å²) >= 11 is 17.4. The Morgan fingerprint density at radius 3 is 2.29 bits per heavy atom. The van der Waals surface area contributed by atoms with Crippen molar-refractivity contribution in [3.8, 4) is 0 Å². The van der Waals surface area contributed by atoms with Crippen LogP contribution >= 0.6 is 34.8 Å². The van der Waals surface area contributed by atoms with Crippen LogP contribution in [0.1, 0.15) is 6.92 Å². The summed E-state index contributed by atoms with van der Waals surface area (Å²) in [5.41, 5.74) is -0.628. The van der Waals surface area contributed by atoms with Crippen LogP contribution in [0.5, 0.6) is 0 Å². The minimum Gasteiger partial charge on any atom is -0.861 e. The van der Waals surface area contributed by atoms with Crippen molar-refractivity contribution in [1.82, 2.24) is 0 Å². The van der Waals surface area contributed by atoms with Crippen LogP contribution in [-0.4, -0.2) is 55.4 Å². The molecule has 13 nitrogen and oxygen atoms in total. The van der Waals surface area contributed by atoms with Crippen molar-refractivity contribution in [2.45, 2.75) is 22.8 Å². The molecule has 0 bridgehead atoms. The molecule has 192 valence electrons. The average Bonchev–Trinajstić information content (AvgIpc) is 3.05. The van der Waals surface area contributed by atoms with Gasteiger partial charge in [0.05, 0.1) is 37.9 Å². The number of rotatable bonds is 7. The fourth-order valence-corrected chi connectivity index (χ4v) is 4.88. The number of alkyl halides is 1. The van der Waals surface area contributed by atoms with Crippen LogP contribution in [0.2, 0.25) is 10.0 Å². The number of azo groups is 1. The molecular weight excluding hydrogens is 631 g/mol. The molecule has 0 aromatic heterocycles. The van der Waals surface area contributed by atoms with E-state index in [9.17, 15) is 35.8 Å². The summed E-state index contributed by atoms with van der Waals surface area (Å²) < 4.78 is 66.9. The quantitative estimate of drug-likeness (QED) is 0.0805. The summed E-state index contributed by atoms with van der Waals surface area (Å²) in [7, 11) is -9.72. The largest absolute Gasteiger partial charge is 1.00 e. The number of amides is 1. The molecule has 3 rings (SSSR count). The molecule has 1 N–H and O–H groups in total. The van der Waals surface area contributed by atoms with E-state index >= 15 is 0 Å². The smallest absolute Gasteiger partial charge is 0.861 e. The average molecular weight is 643 g/mol. The van der Waals surface area contributed by atoms with E-state index in [1.165, 1.54) is 6.92 Å². The monoisotopic (exact) mass is 641 g/mol. The fourth-order valence-electron chi connectivity index (χ4n) is 2.90. The molecule has 0 aliphatic carbocycles. The third-order valence-corrected chi connectivity index (χ3v) is 7.20. The van der Waals surface area contributed by atoms with E-state index in [0.29, 0.717) is 0 Å². The van der Waals surface area contributed by atoms with E-state index in [-0.39, 0.29) is 81.2 Å². The van der Waals surface area contributed by atoms with Gasteiger partial charge in [0.1, 0.15) is 20.7 Å². The Hall–Kier alpha value is -0.660. The van der Waals surface area contributed by atoms with Gasteiger partial charge >= 0.3 is 59.1 Å². The number of hydrazone groups is 1. The summed E-state index contributed by atoms with van der Waals surface area (Å²) in [5, 5.41) is 23.0. The Bertz CT molecular complexity index is 1570. The second-order valence-electron chi connectivity index (χ2n) is 6.96. The van der Waals surface area contributed by atoms with Crippen LogP contribution < -0.4 is 69.2 Å². The molecule has 0 saturated heterocycles. The second kappa shape index (κ2) is 13.8. The summed E-state index contributed by atoms with van der Waals surface area (Å²) in [6.45, 7) is 1.39. The van der Waals surface area contributed by atoms with Crippen LogP contribution in [0, 0.1) is 0 Å². The number of benzene rings is 2. The van der Waals surface area contributed by atoms with E-state index in [2.05, 4.69) is 20.3 Å². The molecule has 1 amide bonds. The molecule has 20 heteroatoms. The number of halogens is 3. The van der Waals surface area contributed by atoms with Crippen molar-refractivity contribution in [3.63, 3.8) is 0 Å². The first-order valence-corrected chi connectivity index (χ1v) is 13.4. The Morgan fingerprint density at radius 1 is 1.11 bits per heavy atom. The molecule has 2 aromatic rings. The second-order valence-corrected chi connectivity index (χ2v) is 10.8. The van der Waals surface area contributed by atoms with Gasteiger partial charge in [0.25, 0.3) is 16.0 Å². The summed E-state index contributed by atoms with van der Waals surface area (Å²) in [5.74, 6) is -2.02. The van der Waals surface area contributed by atoms with Crippen LogP contribution in [0.15, 0.2) is 60.4 Å². The minimum absolute atomic E-state index is 0. The van der Waals surface area contributed by atoms with Crippen LogP contribution in [0.25, 0.3) is 0 Å². The maximum Gasteiger partial charge on any atom is 1.00 e. The van der Waals surface area contributed by atoms with Gasteiger partial charge in [0.15, 0.2) is 6.04 Å². The predicted molar refractivity (Wildman–Crippen MR) is 127 cm³/mol. The van der Waals surface area contributed by atoms with Crippen molar-refractivity contribution in [2.75, 3.05) is 10.9 Å². The number of hydrogen-bond donors (Lipinski definition) is 1. The third kappa shape index (κ3) is 8.19. The molecule has 1 aliphatic rings. The van der Waals surface area contributed by atoms with Gasteiger partial charge in [-0.05, 0) is 43.2 Å². The molecule has 0 saturated carbocycles. The maximum atomic E-state index is 12.9. The predicted octanol–water partition coefficient (Wildman–Crippen LogP) is -3.34. The van der Waals surface area contributed by atoms with Gasteiger partial charge in [-0.15, -0.1) is 11.6 Å². The van der Waals surface area contributed by atoms with E-state index in [0.717, 1.165) is 35.3 Å². The van der Waals surface area contributed by atoms with Gasteiger partial charge in [0.2, 0.25) is 0 Å². The number of nitrogens with zero attached hydrogens (tertiary/aromatic N) is 5. The fraction of sp³-hybridized carbons (Fsp3) is 0.167. The summed E-state index contributed by atoms with van der Waals surface area (Å²) in [4.78, 5) is 15.1. The standard InChI is InChI=1S/C18H14Cl3N5O8S2.2Na/c1-8-17(18(28)26(25-8)13-5-11(21)15(6-10(13)20)36(32,33)34)24-23-12-4-9(22-16(27)7-19)2-3-14(12)35(29,30)31;;/h2-6,17H,7H2,1H3,(H,22,27)(H,29,30,31)(H,32,33,34);;/q;2*+1/p-2. The Balaban J connectivity index is 0.00000361. The van der Waals surface area contributed by atoms with Gasteiger partial charge in [-0.3, -0.25) is 14.3 Å². The van der Waals surface area contributed by atoms with Crippen LogP contribution in [0.3, 0.4) is 0 Å². The van der Waals surface area contributed by atoms with Gasteiger partial charge < -0.3 is 9.66 Å². The number of carbonyl (C=O) groups is 1. The normalized spacial score (nSPS) is 16.3. The summed E-state index contributed by atoms with van der Waals surface area (Å²) in [6.07, 6.45) is 0. The van der Waals surface area contributed by atoms with Crippen molar-refractivity contribution in [3.05, 3.63) is 40.4 Å². The molecule has 1 atom stereocenters. The van der Waals surface area contributed by atoms with Crippen molar-refractivity contribution < 1.29 is 95.0 Å². The topological polar surface area (TPSA) is 204 Å². The van der Waals surface area contributed by atoms with Gasteiger partial charge in [-0.2, -0.15) is 28.8 Å². The number of carbonyl (C=O) groups excluding carboxylic acids is 1. The molecule has 0 radical (unpaired) electrons. The van der Waals surface area contributed by atoms with E-state index in [1.54, 1.807) is 0 Å². The van der Waals surface area contributed by atoms with E-state index < -0.39 is 64.5 Å². The van der Waals surface area contributed by atoms with Crippen molar-refractivity contribution >= 4 is 89.6 Å². The Morgan fingerprint density at radius 2 is 1.74 bits per heavy atom. The first kappa shape index (κ1) is 35.4. The number of hydrogen-bond acceptors (Lipinski definition) is 11. The minimum atomic E-state index is -5.02. The summed E-state index contributed by atoms with van der Waals surface area (Å²) in [6, 6.07) is 3.37. The SMILES string of the molecule is CC1=NN(c2cc(Cl)c(S(=O)(=O)O)cc2Cl)C(=O)C1N=Nc1cc(N=C([O-])CCl)ccc1S(=O)(=O)[O-].[Na+].[Na+]. The van der Waals surface area contributed by atoms with Crippen LogP contribution in [0.4, 0.5) is 17.1 Å². The molecule has 38 heavy (non-hydrogen) atoms. The van der Waals surface area contributed by atoms with E-state index in [4.69, 9.17) is 34.8 Å². The molecule has 1 unspecified atom stereocenters. The molecule has 2 aromatic carbocycles. The van der Waals surface area contributed by atoms with Gasteiger partial charge in [-0.25, -0.2) is 8.42 Å². The molecule has 1 heterocycles. The van der Waals surface area contributed by atoms with Crippen molar-refractivity contribution in [1.29, 1.82) is 0 Å². The van der Waals surface area contributed by atoms with E-state index in [1.807, 2.05) is 0 Å². The molecule has 1 aliphatic heterocycles. The first-order chi connectivity index (χ1) is 16.6. The zero-order valence-corrected chi connectivity index (χ0v) is 27.6. The number of anilines is 1. The van der Waals surface area contributed by atoms with Crippen molar-refractivity contribution in [2.24, 2.45) is 20.3 Å². The Kier molecular flexibility index (Phi) is 12.8. The maximum absolute atomic E-state index is 12.9.